The Labute approximate surface area is 108 Å². The van der Waals surface area contributed by atoms with Crippen LogP contribution in [0.5, 0.6) is 0 Å². The maximum absolute atomic E-state index is 4.22. The molecule has 0 aliphatic carbocycles. The second-order valence-electron chi connectivity index (χ2n) is 4.36. The number of benzene rings is 1. The molecule has 1 heterocycles. The lowest BCUT2D eigenvalue weighted by molar-refractivity contribution is 0.677. The molecule has 2 rings (SSSR count). The second-order valence-corrected chi connectivity index (χ2v) is 4.36. The van der Waals surface area contributed by atoms with Gasteiger partial charge in [0.05, 0.1) is 5.69 Å². The highest BCUT2D eigenvalue weighted by Crippen LogP contribution is 2.11. The van der Waals surface area contributed by atoms with E-state index >= 15 is 0 Å². The summed E-state index contributed by atoms with van der Waals surface area (Å²) in [6, 6.07) is 8.52. The van der Waals surface area contributed by atoms with E-state index in [2.05, 4.69) is 44.5 Å². The third-order valence-electron chi connectivity index (χ3n) is 2.70. The third kappa shape index (κ3) is 3.53. The van der Waals surface area contributed by atoms with Crippen molar-refractivity contribution in [1.29, 1.82) is 0 Å². The molecule has 2 aromatic rings. The molecule has 0 aliphatic rings. The van der Waals surface area contributed by atoms with E-state index in [1.807, 2.05) is 14.1 Å². The van der Waals surface area contributed by atoms with E-state index in [-0.39, 0.29) is 0 Å². The molecule has 0 aliphatic heterocycles. The van der Waals surface area contributed by atoms with Crippen LogP contribution in [0.3, 0.4) is 0 Å². The van der Waals surface area contributed by atoms with Crippen LogP contribution in [0.4, 0.5) is 5.69 Å². The zero-order chi connectivity index (χ0) is 12.8. The van der Waals surface area contributed by atoms with Crippen LogP contribution in [-0.2, 0) is 13.1 Å². The lowest BCUT2D eigenvalue weighted by atomic mass is 10.2. The topological polar surface area (TPSA) is 41.0 Å². The minimum atomic E-state index is 0.739. The zero-order valence-electron chi connectivity index (χ0n) is 10.8. The van der Waals surface area contributed by atoms with Gasteiger partial charge in [0, 0.05) is 51.5 Å². The summed E-state index contributed by atoms with van der Waals surface area (Å²) < 4.78 is 0. The van der Waals surface area contributed by atoms with Gasteiger partial charge in [-0.3, -0.25) is 9.97 Å². The predicted octanol–water partition coefficient (Wildman–Crippen LogP) is 1.83. The molecule has 1 N–H and O–H groups in total. The van der Waals surface area contributed by atoms with Gasteiger partial charge in [-0.15, -0.1) is 0 Å². The lowest BCUT2D eigenvalue weighted by Gasteiger charge is -2.12. The largest absolute Gasteiger partial charge is 0.378 e. The van der Waals surface area contributed by atoms with Crippen molar-refractivity contribution in [3.63, 3.8) is 0 Å². The van der Waals surface area contributed by atoms with E-state index < -0.39 is 0 Å². The summed E-state index contributed by atoms with van der Waals surface area (Å²) >= 11 is 0. The van der Waals surface area contributed by atoms with Crippen molar-refractivity contribution in [2.24, 2.45) is 0 Å². The summed E-state index contributed by atoms with van der Waals surface area (Å²) in [7, 11) is 4.09. The van der Waals surface area contributed by atoms with Crippen LogP contribution in [0.25, 0.3) is 0 Å². The monoisotopic (exact) mass is 242 g/mol. The average molecular weight is 242 g/mol. The van der Waals surface area contributed by atoms with Gasteiger partial charge in [0.25, 0.3) is 0 Å². The van der Waals surface area contributed by atoms with Gasteiger partial charge in [-0.05, 0) is 17.7 Å². The Morgan fingerprint density at radius 2 is 1.83 bits per heavy atom. The van der Waals surface area contributed by atoms with E-state index in [4.69, 9.17) is 0 Å². The first-order valence-electron chi connectivity index (χ1n) is 5.97. The Hall–Kier alpha value is -1.94. The van der Waals surface area contributed by atoms with Gasteiger partial charge in [0.2, 0.25) is 0 Å². The van der Waals surface area contributed by atoms with Crippen molar-refractivity contribution in [1.82, 2.24) is 15.3 Å². The third-order valence-corrected chi connectivity index (χ3v) is 2.70. The van der Waals surface area contributed by atoms with Crippen LogP contribution in [0.15, 0.2) is 42.9 Å². The van der Waals surface area contributed by atoms with Gasteiger partial charge in [0.1, 0.15) is 0 Å². The fourth-order valence-corrected chi connectivity index (χ4v) is 1.67. The summed E-state index contributed by atoms with van der Waals surface area (Å²) in [5.74, 6) is 0. The van der Waals surface area contributed by atoms with E-state index in [1.165, 1.54) is 11.3 Å². The van der Waals surface area contributed by atoms with Crippen molar-refractivity contribution in [2.45, 2.75) is 13.1 Å². The predicted molar refractivity (Wildman–Crippen MR) is 73.3 cm³/mol. The highest BCUT2D eigenvalue weighted by Gasteiger charge is 1.97. The molecular formula is C14H18N4. The van der Waals surface area contributed by atoms with E-state index in [1.54, 1.807) is 18.6 Å². The van der Waals surface area contributed by atoms with Crippen molar-refractivity contribution in [2.75, 3.05) is 19.0 Å². The fourth-order valence-electron chi connectivity index (χ4n) is 1.67. The van der Waals surface area contributed by atoms with Gasteiger partial charge < -0.3 is 10.2 Å². The molecule has 1 aromatic heterocycles. The summed E-state index contributed by atoms with van der Waals surface area (Å²) in [5.41, 5.74) is 3.44. The van der Waals surface area contributed by atoms with Gasteiger partial charge in [0.15, 0.2) is 0 Å². The number of hydrogen-bond acceptors (Lipinski definition) is 4. The number of anilines is 1. The highest BCUT2D eigenvalue weighted by molar-refractivity contribution is 5.45. The van der Waals surface area contributed by atoms with Crippen molar-refractivity contribution in [3.05, 3.63) is 54.1 Å². The SMILES string of the molecule is CN(C)c1ccc(CNCc2cnccn2)cc1. The number of hydrogen-bond donors (Lipinski definition) is 1. The van der Waals surface area contributed by atoms with Crippen LogP contribution in [-0.4, -0.2) is 24.1 Å². The molecule has 0 unspecified atom stereocenters. The van der Waals surface area contributed by atoms with Crippen LogP contribution < -0.4 is 10.2 Å². The normalized spacial score (nSPS) is 10.3. The minimum Gasteiger partial charge on any atom is -0.378 e. The van der Waals surface area contributed by atoms with Crippen molar-refractivity contribution < 1.29 is 0 Å². The van der Waals surface area contributed by atoms with Crippen LogP contribution >= 0.6 is 0 Å². The molecule has 0 saturated carbocycles. The second kappa shape index (κ2) is 6.12. The van der Waals surface area contributed by atoms with Crippen LogP contribution in [0.1, 0.15) is 11.3 Å². The zero-order valence-corrected chi connectivity index (χ0v) is 10.8. The molecule has 18 heavy (non-hydrogen) atoms. The molecule has 94 valence electrons. The first kappa shape index (κ1) is 12.5. The number of aromatic nitrogens is 2. The molecule has 0 bridgehead atoms. The van der Waals surface area contributed by atoms with Crippen molar-refractivity contribution in [3.8, 4) is 0 Å². The standard InChI is InChI=1S/C14H18N4/c1-18(2)14-5-3-12(4-6-14)9-16-11-13-10-15-7-8-17-13/h3-8,10,16H,9,11H2,1-2H3. The van der Waals surface area contributed by atoms with Gasteiger partial charge in [-0.2, -0.15) is 0 Å². The molecule has 4 nitrogen and oxygen atoms in total. The summed E-state index contributed by atoms with van der Waals surface area (Å²) in [6.45, 7) is 1.58. The Morgan fingerprint density at radius 3 is 2.44 bits per heavy atom. The van der Waals surface area contributed by atoms with Gasteiger partial charge in [-0.25, -0.2) is 0 Å². The fraction of sp³-hybridized carbons (Fsp3) is 0.286. The summed E-state index contributed by atoms with van der Waals surface area (Å²) in [6.07, 6.45) is 5.18. The Kier molecular flexibility index (Phi) is 4.25. The molecule has 0 atom stereocenters. The maximum atomic E-state index is 4.22. The minimum absolute atomic E-state index is 0.739. The molecule has 0 fully saturated rings. The van der Waals surface area contributed by atoms with Crippen LogP contribution in [0.2, 0.25) is 0 Å². The first-order valence-corrected chi connectivity index (χ1v) is 5.97. The summed E-state index contributed by atoms with van der Waals surface area (Å²) in [4.78, 5) is 10.3. The number of nitrogens with one attached hydrogen (secondary N) is 1. The van der Waals surface area contributed by atoms with E-state index in [9.17, 15) is 0 Å². The van der Waals surface area contributed by atoms with Gasteiger partial charge >= 0.3 is 0 Å². The van der Waals surface area contributed by atoms with E-state index in [0.717, 1.165) is 18.8 Å². The molecular weight excluding hydrogens is 224 g/mol. The highest BCUT2D eigenvalue weighted by atomic mass is 15.1. The molecule has 1 aromatic carbocycles. The van der Waals surface area contributed by atoms with Crippen molar-refractivity contribution >= 4 is 5.69 Å². The Morgan fingerprint density at radius 1 is 1.06 bits per heavy atom. The quantitative estimate of drug-likeness (QED) is 0.868. The number of rotatable bonds is 5. The Bertz CT molecular complexity index is 465. The smallest absolute Gasteiger partial charge is 0.0724 e. The molecule has 4 heteroatoms. The average Bonchev–Trinajstić information content (AvgIpc) is 2.40. The molecule has 0 amide bonds. The molecule has 0 saturated heterocycles. The lowest BCUT2D eigenvalue weighted by Crippen LogP contribution is -2.14. The Balaban J connectivity index is 1.83. The number of nitrogens with zero attached hydrogens (tertiary/aromatic N) is 3. The first-order chi connectivity index (χ1) is 8.75. The van der Waals surface area contributed by atoms with Gasteiger partial charge in [-0.1, -0.05) is 12.1 Å². The molecule has 0 spiro atoms. The van der Waals surface area contributed by atoms with E-state index in [0.29, 0.717) is 0 Å². The summed E-state index contributed by atoms with van der Waals surface area (Å²) in [5, 5.41) is 3.35. The maximum Gasteiger partial charge on any atom is 0.0724 e. The molecule has 0 radical (unpaired) electrons. The van der Waals surface area contributed by atoms with Crippen LogP contribution in [0, 0.1) is 0 Å².